The quantitative estimate of drug-likeness (QED) is 0.414. The van der Waals surface area contributed by atoms with Crippen molar-refractivity contribution in [1.82, 2.24) is 9.21 Å². The number of sulfonamides is 1. The maximum atomic E-state index is 12.7. The molecule has 1 heterocycles. The summed E-state index contributed by atoms with van der Waals surface area (Å²) in [5.74, 6) is -0.816. The van der Waals surface area contributed by atoms with Gasteiger partial charge in [0.15, 0.2) is 0 Å². The molecule has 0 atom stereocenters. The molecule has 0 bridgehead atoms. The van der Waals surface area contributed by atoms with Crippen molar-refractivity contribution < 1.29 is 23.1 Å². The van der Waals surface area contributed by atoms with E-state index in [1.54, 1.807) is 29.2 Å². The van der Waals surface area contributed by atoms with E-state index in [-0.39, 0.29) is 29.7 Å². The third-order valence-electron chi connectivity index (χ3n) is 4.94. The molecule has 1 amide bonds. The number of amidine groups is 1. The molecule has 0 aromatic heterocycles. The number of aliphatic carboxylic acids is 1. The third-order valence-corrected chi connectivity index (χ3v) is 7.10. The topological polar surface area (TPSA) is 145 Å². The zero-order valence-corrected chi connectivity index (χ0v) is 19.8. The van der Waals surface area contributed by atoms with Crippen LogP contribution in [0.5, 0.6) is 0 Å². The number of carbonyl (C=O) groups excluding carboxylic acids is 1. The van der Waals surface area contributed by atoms with E-state index in [1.165, 1.54) is 16.4 Å². The van der Waals surface area contributed by atoms with Crippen molar-refractivity contribution in [1.29, 1.82) is 5.41 Å². The molecule has 4 N–H and O–H groups in total. The minimum absolute atomic E-state index is 0.00388. The fourth-order valence-corrected chi connectivity index (χ4v) is 4.74. The molecule has 3 rings (SSSR count). The summed E-state index contributed by atoms with van der Waals surface area (Å²) in [6, 6.07) is 13.3. The Kier molecular flexibility index (Phi) is 9.39. The number of rotatable bonds is 6. The largest absolute Gasteiger partial charge is 0.481 e. The van der Waals surface area contributed by atoms with Crippen molar-refractivity contribution in [2.45, 2.75) is 24.7 Å². The highest BCUT2D eigenvalue weighted by molar-refractivity contribution is 7.89. The van der Waals surface area contributed by atoms with Gasteiger partial charge in [-0.3, -0.25) is 15.0 Å². The molecule has 11 heteroatoms. The number of benzene rings is 2. The zero-order valence-electron chi connectivity index (χ0n) is 18.2. The van der Waals surface area contributed by atoms with Crippen molar-refractivity contribution in [2.75, 3.05) is 26.2 Å². The highest BCUT2D eigenvalue weighted by Gasteiger charge is 2.29. The van der Waals surface area contributed by atoms with E-state index in [0.29, 0.717) is 36.5 Å². The molecule has 1 saturated heterocycles. The van der Waals surface area contributed by atoms with Crippen LogP contribution in [0.15, 0.2) is 53.4 Å². The number of hydrogen-bond donors (Lipinski definition) is 3. The number of nitrogens with zero attached hydrogens (tertiary/aromatic N) is 2. The third kappa shape index (κ3) is 7.85. The summed E-state index contributed by atoms with van der Waals surface area (Å²) in [6.45, 7) is 2.36. The van der Waals surface area contributed by atoms with Crippen molar-refractivity contribution >= 4 is 39.3 Å². The predicted molar refractivity (Wildman–Crippen MR) is 126 cm³/mol. The Hall–Kier alpha value is -2.95. The lowest BCUT2D eigenvalue weighted by Gasteiger charge is -2.34. The Morgan fingerprint density at radius 1 is 1.03 bits per heavy atom. The van der Waals surface area contributed by atoms with Crippen LogP contribution in [-0.4, -0.2) is 66.6 Å². The Labute approximate surface area is 198 Å². The van der Waals surface area contributed by atoms with E-state index >= 15 is 0 Å². The fraction of sp³-hybridized carbons (Fsp3) is 0.318. The first-order valence-electron chi connectivity index (χ1n) is 10.2. The number of nitrogens with two attached hydrogens (primary N) is 1. The second-order valence-electron chi connectivity index (χ2n) is 7.37. The molecule has 0 aliphatic carbocycles. The van der Waals surface area contributed by atoms with Gasteiger partial charge in [-0.05, 0) is 36.2 Å². The minimum atomic E-state index is -3.59. The van der Waals surface area contributed by atoms with E-state index in [9.17, 15) is 13.2 Å². The number of nitrogen functional groups attached to an aromatic ring is 1. The van der Waals surface area contributed by atoms with Crippen LogP contribution < -0.4 is 5.73 Å². The number of aryl methyl sites for hydroxylation is 1. The van der Waals surface area contributed by atoms with Crippen LogP contribution in [0.25, 0.3) is 0 Å². The number of carboxylic acid groups (broad SMARTS) is 1. The van der Waals surface area contributed by atoms with Crippen LogP contribution in [0.2, 0.25) is 5.02 Å². The summed E-state index contributed by atoms with van der Waals surface area (Å²) < 4.78 is 26.8. The van der Waals surface area contributed by atoms with Gasteiger partial charge in [-0.15, -0.1) is 0 Å². The SMILES string of the molecule is CC(=O)O.N=C(N)c1ccc(CCC(=O)N2CCN(S(=O)(=O)c3ccc(Cl)cc3)CC2)cc1. The number of nitrogens with one attached hydrogen (secondary N) is 1. The second-order valence-corrected chi connectivity index (χ2v) is 9.74. The van der Waals surface area contributed by atoms with Gasteiger partial charge in [0.2, 0.25) is 15.9 Å². The van der Waals surface area contributed by atoms with Crippen molar-refractivity contribution in [2.24, 2.45) is 5.73 Å². The molecular formula is C22H27ClN4O5S. The smallest absolute Gasteiger partial charge is 0.300 e. The summed E-state index contributed by atoms with van der Waals surface area (Å²) in [4.78, 5) is 23.4. The molecule has 1 aliphatic rings. The van der Waals surface area contributed by atoms with E-state index in [1.807, 2.05) is 12.1 Å². The van der Waals surface area contributed by atoms with Crippen molar-refractivity contribution in [3.63, 3.8) is 0 Å². The monoisotopic (exact) mass is 494 g/mol. The normalized spacial score (nSPS) is 14.2. The fourth-order valence-electron chi connectivity index (χ4n) is 3.19. The average molecular weight is 495 g/mol. The molecule has 178 valence electrons. The van der Waals surface area contributed by atoms with E-state index < -0.39 is 16.0 Å². The number of carbonyl (C=O) groups is 2. The molecule has 2 aromatic rings. The van der Waals surface area contributed by atoms with Crippen LogP contribution in [0.1, 0.15) is 24.5 Å². The zero-order chi connectivity index (χ0) is 24.6. The predicted octanol–water partition coefficient (Wildman–Crippen LogP) is 2.18. The van der Waals surface area contributed by atoms with Crippen LogP contribution >= 0.6 is 11.6 Å². The van der Waals surface area contributed by atoms with Gasteiger partial charge in [-0.1, -0.05) is 35.9 Å². The van der Waals surface area contributed by atoms with Gasteiger partial charge in [0, 0.05) is 50.1 Å². The summed E-state index contributed by atoms with van der Waals surface area (Å²) >= 11 is 5.83. The Morgan fingerprint density at radius 2 is 1.55 bits per heavy atom. The molecule has 33 heavy (non-hydrogen) atoms. The first kappa shape index (κ1) is 26.3. The maximum Gasteiger partial charge on any atom is 0.300 e. The summed E-state index contributed by atoms with van der Waals surface area (Å²) in [5.41, 5.74) is 7.08. The van der Waals surface area contributed by atoms with E-state index in [2.05, 4.69) is 0 Å². The van der Waals surface area contributed by atoms with Gasteiger partial charge >= 0.3 is 0 Å². The summed E-state index contributed by atoms with van der Waals surface area (Å²) in [7, 11) is -3.59. The minimum Gasteiger partial charge on any atom is -0.481 e. The summed E-state index contributed by atoms with van der Waals surface area (Å²) in [5, 5.41) is 15.3. The van der Waals surface area contributed by atoms with Gasteiger partial charge in [-0.25, -0.2) is 8.42 Å². The first-order chi connectivity index (χ1) is 15.5. The van der Waals surface area contributed by atoms with Gasteiger partial charge < -0.3 is 15.7 Å². The van der Waals surface area contributed by atoms with Crippen LogP contribution in [0.3, 0.4) is 0 Å². The van der Waals surface area contributed by atoms with Crippen molar-refractivity contribution in [3.8, 4) is 0 Å². The molecule has 2 aromatic carbocycles. The van der Waals surface area contributed by atoms with Crippen molar-refractivity contribution in [3.05, 3.63) is 64.7 Å². The Balaban J connectivity index is 0.000000890. The number of carboxylic acids is 1. The average Bonchev–Trinajstić information content (AvgIpc) is 2.77. The second kappa shape index (κ2) is 11.8. The number of hydrogen-bond acceptors (Lipinski definition) is 5. The molecule has 0 saturated carbocycles. The number of amides is 1. The first-order valence-corrected chi connectivity index (χ1v) is 12.0. The summed E-state index contributed by atoms with van der Waals surface area (Å²) in [6.07, 6.45) is 0.934. The lowest BCUT2D eigenvalue weighted by Crippen LogP contribution is -2.50. The highest BCUT2D eigenvalue weighted by Crippen LogP contribution is 2.20. The van der Waals surface area contributed by atoms with Crippen LogP contribution in [0, 0.1) is 5.41 Å². The maximum absolute atomic E-state index is 12.7. The van der Waals surface area contributed by atoms with Gasteiger partial charge in [0.05, 0.1) is 4.90 Å². The van der Waals surface area contributed by atoms with Gasteiger partial charge in [0.1, 0.15) is 5.84 Å². The number of halogens is 1. The lowest BCUT2D eigenvalue weighted by atomic mass is 10.1. The highest BCUT2D eigenvalue weighted by atomic mass is 35.5. The van der Waals surface area contributed by atoms with Crippen LogP contribution in [0.4, 0.5) is 0 Å². The van der Waals surface area contributed by atoms with E-state index in [4.69, 9.17) is 32.6 Å². The lowest BCUT2D eigenvalue weighted by molar-refractivity contribution is -0.134. The Bertz CT molecular complexity index is 1080. The standard InChI is InChI=1S/C20H23ClN4O3S.C2H4O2/c21-17-6-8-18(9-7-17)29(27,28)25-13-11-24(12-14-25)19(26)10-3-15-1-4-16(5-2-15)20(22)23;1-2(3)4/h1-2,4-9H,3,10-14H2,(H3,22,23);1H3,(H,3,4). The molecule has 0 unspecified atom stereocenters. The Morgan fingerprint density at radius 3 is 2.03 bits per heavy atom. The van der Waals surface area contributed by atoms with Crippen LogP contribution in [-0.2, 0) is 26.0 Å². The molecule has 1 aliphatic heterocycles. The molecule has 1 fully saturated rings. The number of piperazine rings is 1. The molecule has 0 radical (unpaired) electrons. The molecule has 0 spiro atoms. The van der Waals surface area contributed by atoms with Gasteiger partial charge in [0.25, 0.3) is 5.97 Å². The van der Waals surface area contributed by atoms with E-state index in [0.717, 1.165) is 12.5 Å². The molecular weight excluding hydrogens is 468 g/mol. The van der Waals surface area contributed by atoms with Gasteiger partial charge in [-0.2, -0.15) is 4.31 Å². The molecule has 9 nitrogen and oxygen atoms in total.